The second-order valence-electron chi connectivity index (χ2n) is 10.1. The van der Waals surface area contributed by atoms with E-state index in [1.54, 1.807) is 14.2 Å². The van der Waals surface area contributed by atoms with Crippen LogP contribution in [0.5, 0.6) is 11.5 Å². The van der Waals surface area contributed by atoms with Gasteiger partial charge in [-0.3, -0.25) is 4.90 Å². The van der Waals surface area contributed by atoms with Crippen LogP contribution in [0.2, 0.25) is 0 Å². The Morgan fingerprint density at radius 2 is 1.75 bits per heavy atom. The zero-order valence-electron chi connectivity index (χ0n) is 20.9. The molecule has 2 heterocycles. The van der Waals surface area contributed by atoms with Crippen LogP contribution in [-0.2, 0) is 9.47 Å². The van der Waals surface area contributed by atoms with Crippen LogP contribution >= 0.6 is 0 Å². The van der Waals surface area contributed by atoms with Gasteiger partial charge in [-0.1, -0.05) is 33.8 Å². The molecule has 2 saturated heterocycles. The second-order valence-corrected chi connectivity index (χ2v) is 10.1. The zero-order chi connectivity index (χ0) is 23.4. The van der Waals surface area contributed by atoms with E-state index in [0.29, 0.717) is 37.0 Å². The molecule has 2 fully saturated rings. The molecule has 1 unspecified atom stereocenters. The molecule has 1 aromatic rings. The largest absolute Gasteiger partial charge is 0.493 e. The number of benzene rings is 1. The topological polar surface area (TPSA) is 60.4 Å². The molecule has 3 rings (SSSR count). The quantitative estimate of drug-likeness (QED) is 0.531. The zero-order valence-corrected chi connectivity index (χ0v) is 20.9. The van der Waals surface area contributed by atoms with Crippen molar-refractivity contribution < 1.29 is 24.1 Å². The van der Waals surface area contributed by atoms with E-state index in [0.717, 1.165) is 30.8 Å². The van der Waals surface area contributed by atoms with Gasteiger partial charge < -0.3 is 24.1 Å². The SMILES string of the molecule is COCCCOc1cc([C@H]2[C@H](C(C)C)C[C@@H]([C@@H]3C[C@@H](C(C)C)C(O)O3)N2C)ccc1OC. The van der Waals surface area contributed by atoms with Gasteiger partial charge in [0.1, 0.15) is 0 Å². The van der Waals surface area contributed by atoms with Crippen molar-refractivity contribution in [2.24, 2.45) is 23.7 Å². The number of hydrogen-bond donors (Lipinski definition) is 1. The minimum absolute atomic E-state index is 0.0664. The van der Waals surface area contributed by atoms with E-state index in [-0.39, 0.29) is 18.1 Å². The summed E-state index contributed by atoms with van der Waals surface area (Å²) in [7, 11) is 5.59. The molecular formula is C26H43NO5. The van der Waals surface area contributed by atoms with Gasteiger partial charge in [0.2, 0.25) is 0 Å². The van der Waals surface area contributed by atoms with Crippen molar-refractivity contribution in [2.45, 2.75) is 71.4 Å². The van der Waals surface area contributed by atoms with Crippen LogP contribution in [0.15, 0.2) is 18.2 Å². The van der Waals surface area contributed by atoms with Crippen molar-refractivity contribution in [2.75, 3.05) is 34.5 Å². The summed E-state index contributed by atoms with van der Waals surface area (Å²) in [6.45, 7) is 10.2. The van der Waals surface area contributed by atoms with E-state index in [9.17, 15) is 5.11 Å². The summed E-state index contributed by atoms with van der Waals surface area (Å²) in [6, 6.07) is 6.89. The molecule has 0 bridgehead atoms. The van der Waals surface area contributed by atoms with Crippen molar-refractivity contribution in [1.29, 1.82) is 0 Å². The molecule has 0 spiro atoms. The first-order valence-electron chi connectivity index (χ1n) is 12.1. The van der Waals surface area contributed by atoms with E-state index >= 15 is 0 Å². The van der Waals surface area contributed by atoms with Crippen LogP contribution in [0.25, 0.3) is 0 Å². The first-order valence-corrected chi connectivity index (χ1v) is 12.1. The number of hydrogen-bond acceptors (Lipinski definition) is 6. The summed E-state index contributed by atoms with van der Waals surface area (Å²) < 4.78 is 22.8. The maximum Gasteiger partial charge on any atom is 0.161 e. The molecule has 0 saturated carbocycles. The third-order valence-corrected chi connectivity index (χ3v) is 7.49. The Bertz CT molecular complexity index is 724. The van der Waals surface area contributed by atoms with Crippen LogP contribution in [0.3, 0.4) is 0 Å². The lowest BCUT2D eigenvalue weighted by Crippen LogP contribution is -2.37. The number of rotatable bonds is 10. The van der Waals surface area contributed by atoms with Gasteiger partial charge in [0.25, 0.3) is 0 Å². The predicted molar refractivity (Wildman–Crippen MR) is 126 cm³/mol. The molecular weight excluding hydrogens is 406 g/mol. The Kier molecular flexibility index (Phi) is 8.84. The van der Waals surface area contributed by atoms with Gasteiger partial charge in [0.15, 0.2) is 17.8 Å². The van der Waals surface area contributed by atoms with Gasteiger partial charge >= 0.3 is 0 Å². The lowest BCUT2D eigenvalue weighted by molar-refractivity contribution is -0.126. The van der Waals surface area contributed by atoms with Crippen molar-refractivity contribution in [1.82, 2.24) is 4.90 Å². The van der Waals surface area contributed by atoms with Crippen LogP contribution in [0.4, 0.5) is 0 Å². The predicted octanol–water partition coefficient (Wildman–Crippen LogP) is 4.51. The highest BCUT2D eigenvalue weighted by atomic mass is 16.6. The molecule has 0 amide bonds. The Hall–Kier alpha value is -1.34. The average Bonchev–Trinajstić information content (AvgIpc) is 3.31. The van der Waals surface area contributed by atoms with Crippen molar-refractivity contribution in [3.8, 4) is 11.5 Å². The molecule has 32 heavy (non-hydrogen) atoms. The molecule has 6 heteroatoms. The molecule has 1 N–H and O–H groups in total. The number of aliphatic hydroxyl groups excluding tert-OH is 1. The summed E-state index contributed by atoms with van der Waals surface area (Å²) in [5.41, 5.74) is 1.25. The summed E-state index contributed by atoms with van der Waals surface area (Å²) in [5.74, 6) is 3.20. The van der Waals surface area contributed by atoms with Gasteiger partial charge in [-0.05, 0) is 55.3 Å². The lowest BCUT2D eigenvalue weighted by Gasteiger charge is -2.31. The van der Waals surface area contributed by atoms with Crippen molar-refractivity contribution in [3.05, 3.63) is 23.8 Å². The maximum atomic E-state index is 10.5. The average molecular weight is 450 g/mol. The summed E-state index contributed by atoms with van der Waals surface area (Å²) >= 11 is 0. The highest BCUT2D eigenvalue weighted by molar-refractivity contribution is 5.44. The minimum atomic E-state index is -0.655. The Labute approximate surface area is 194 Å². The third kappa shape index (κ3) is 5.41. The number of ether oxygens (including phenoxy) is 4. The van der Waals surface area contributed by atoms with Crippen LogP contribution in [0, 0.1) is 23.7 Å². The van der Waals surface area contributed by atoms with E-state index in [1.807, 2.05) is 6.07 Å². The van der Waals surface area contributed by atoms with Gasteiger partial charge in [0, 0.05) is 38.1 Å². The highest BCUT2D eigenvalue weighted by Gasteiger charge is 2.48. The molecule has 2 aliphatic rings. The molecule has 1 aromatic carbocycles. The number of nitrogens with zero attached hydrogens (tertiary/aromatic N) is 1. The van der Waals surface area contributed by atoms with Gasteiger partial charge in [-0.2, -0.15) is 0 Å². The molecule has 0 aromatic heterocycles. The van der Waals surface area contributed by atoms with E-state index < -0.39 is 6.29 Å². The molecule has 2 aliphatic heterocycles. The van der Waals surface area contributed by atoms with Crippen LogP contribution in [-0.4, -0.2) is 62.9 Å². The summed E-state index contributed by atoms with van der Waals surface area (Å²) in [4.78, 5) is 2.47. The maximum absolute atomic E-state index is 10.5. The van der Waals surface area contributed by atoms with Gasteiger partial charge in [0.05, 0.1) is 19.8 Å². The standard InChI is InChI=1S/C26H43NO5/c1-16(2)19-14-21(23-15-20(17(3)4)26(28)32-23)27(5)25(19)18-9-10-22(30-7)24(13-18)31-12-8-11-29-6/h9-10,13,16-17,19-21,23,25-26,28H,8,11-12,14-15H2,1-7H3/t19-,20-,21-,23-,25-,26?/m0/s1. The first-order chi connectivity index (χ1) is 15.3. The molecule has 0 aliphatic carbocycles. The number of aliphatic hydroxyl groups is 1. The molecule has 182 valence electrons. The van der Waals surface area contributed by atoms with Gasteiger partial charge in [-0.15, -0.1) is 0 Å². The molecule has 6 atom stereocenters. The summed E-state index contributed by atoms with van der Waals surface area (Å²) in [6.07, 6.45) is 2.23. The fourth-order valence-electron chi connectivity index (χ4n) is 5.56. The fraction of sp³-hybridized carbons (Fsp3) is 0.769. The third-order valence-electron chi connectivity index (χ3n) is 7.49. The summed E-state index contributed by atoms with van der Waals surface area (Å²) in [5, 5.41) is 10.5. The fourth-order valence-corrected chi connectivity index (χ4v) is 5.56. The van der Waals surface area contributed by atoms with Crippen LogP contribution in [0.1, 0.15) is 58.6 Å². The van der Waals surface area contributed by atoms with E-state index in [4.69, 9.17) is 18.9 Å². The van der Waals surface area contributed by atoms with Gasteiger partial charge in [-0.25, -0.2) is 0 Å². The number of likely N-dealkylation sites (N-methyl/N-ethyl adjacent to an activating group) is 1. The second kappa shape index (κ2) is 11.2. The first kappa shape index (κ1) is 25.3. The normalized spacial score (nSPS) is 31.1. The minimum Gasteiger partial charge on any atom is -0.493 e. The van der Waals surface area contributed by atoms with Crippen molar-refractivity contribution >= 4 is 0 Å². The molecule has 0 radical (unpaired) electrons. The van der Waals surface area contributed by atoms with Crippen molar-refractivity contribution in [3.63, 3.8) is 0 Å². The Balaban J connectivity index is 1.82. The smallest absolute Gasteiger partial charge is 0.161 e. The number of methoxy groups -OCH3 is 2. The molecule has 6 nitrogen and oxygen atoms in total. The Morgan fingerprint density at radius 1 is 1.03 bits per heavy atom. The lowest BCUT2D eigenvalue weighted by atomic mass is 9.83. The number of likely N-dealkylation sites (tertiary alicyclic amines) is 1. The highest BCUT2D eigenvalue weighted by Crippen LogP contribution is 2.48. The van der Waals surface area contributed by atoms with Crippen LogP contribution < -0.4 is 9.47 Å². The Morgan fingerprint density at radius 3 is 2.34 bits per heavy atom. The monoisotopic (exact) mass is 449 g/mol. The van der Waals surface area contributed by atoms with E-state index in [2.05, 4.69) is 51.8 Å². The van der Waals surface area contributed by atoms with E-state index in [1.165, 1.54) is 5.56 Å².